The van der Waals surface area contributed by atoms with Crippen LogP contribution in [-0.2, 0) is 11.3 Å². The number of ether oxygens (including phenoxy) is 1. The Labute approximate surface area is 108 Å². The molecule has 1 aromatic rings. The molecule has 1 saturated carbocycles. The highest BCUT2D eigenvalue weighted by Gasteiger charge is 2.35. The zero-order chi connectivity index (χ0) is 13.0. The van der Waals surface area contributed by atoms with Crippen LogP contribution in [0.25, 0.3) is 0 Å². The molecule has 0 radical (unpaired) electrons. The summed E-state index contributed by atoms with van der Waals surface area (Å²) in [6.07, 6.45) is 2.48. The van der Waals surface area contributed by atoms with Crippen molar-refractivity contribution in [3.63, 3.8) is 0 Å². The van der Waals surface area contributed by atoms with Gasteiger partial charge in [0.2, 0.25) is 0 Å². The normalized spacial score (nSPS) is 21.7. The van der Waals surface area contributed by atoms with Gasteiger partial charge in [-0.25, -0.2) is 9.97 Å². The van der Waals surface area contributed by atoms with Crippen LogP contribution in [0.1, 0.15) is 32.5 Å². The van der Waals surface area contributed by atoms with Crippen LogP contribution in [-0.4, -0.2) is 29.7 Å². The third kappa shape index (κ3) is 3.32. The quantitative estimate of drug-likeness (QED) is 0.777. The van der Waals surface area contributed by atoms with Crippen molar-refractivity contribution >= 4 is 11.6 Å². The highest BCUT2D eigenvalue weighted by molar-refractivity contribution is 5.48. The summed E-state index contributed by atoms with van der Waals surface area (Å²) in [5.41, 5.74) is 0. The van der Waals surface area contributed by atoms with Crippen molar-refractivity contribution in [2.45, 2.75) is 39.3 Å². The molecule has 0 spiro atoms. The molecule has 2 unspecified atom stereocenters. The number of aromatic nitrogens is 2. The number of hydrogen-bond donors (Lipinski definition) is 2. The van der Waals surface area contributed by atoms with E-state index in [-0.39, 0.29) is 0 Å². The van der Waals surface area contributed by atoms with Crippen molar-refractivity contribution in [3.05, 3.63) is 11.9 Å². The van der Waals surface area contributed by atoms with Gasteiger partial charge in [-0.3, -0.25) is 0 Å². The summed E-state index contributed by atoms with van der Waals surface area (Å²) in [6, 6.07) is 2.54. The van der Waals surface area contributed by atoms with Crippen LogP contribution in [0.3, 0.4) is 0 Å². The van der Waals surface area contributed by atoms with Crippen LogP contribution in [0.5, 0.6) is 0 Å². The molecular formula is C13H22N4O. The fraction of sp³-hybridized carbons (Fsp3) is 0.692. The van der Waals surface area contributed by atoms with E-state index in [0.717, 1.165) is 24.1 Å². The fourth-order valence-corrected chi connectivity index (χ4v) is 2.10. The number of rotatable bonds is 7. The van der Waals surface area contributed by atoms with Crippen molar-refractivity contribution in [1.29, 1.82) is 0 Å². The second-order valence-electron chi connectivity index (χ2n) is 4.67. The molecule has 5 nitrogen and oxygen atoms in total. The highest BCUT2D eigenvalue weighted by atomic mass is 16.5. The summed E-state index contributed by atoms with van der Waals surface area (Å²) in [5, 5.41) is 6.69. The number of nitrogens with one attached hydrogen (secondary N) is 2. The second kappa shape index (κ2) is 6.00. The molecule has 0 bridgehead atoms. The Bertz CT molecular complexity index is 372. The molecule has 1 aliphatic carbocycles. The molecule has 1 heterocycles. The minimum Gasteiger partial charge on any atom is -0.377 e. The maximum absolute atomic E-state index is 5.10. The second-order valence-corrected chi connectivity index (χ2v) is 4.67. The number of anilines is 2. The molecule has 0 aliphatic heterocycles. The lowest BCUT2D eigenvalue weighted by Crippen LogP contribution is -2.11. The summed E-state index contributed by atoms with van der Waals surface area (Å²) < 4.78 is 5.10. The summed E-state index contributed by atoms with van der Waals surface area (Å²) in [4.78, 5) is 8.86. The Morgan fingerprint density at radius 1 is 1.33 bits per heavy atom. The van der Waals surface area contributed by atoms with Crippen LogP contribution in [0, 0.1) is 5.92 Å². The standard InChI is InChI=1S/C13H22N4O/c1-4-9-6-10(9)15-12-7-11(14-5-2)16-13(17-12)8-18-3/h7,9-10H,4-6,8H2,1-3H3,(H2,14,15,16,17). The van der Waals surface area contributed by atoms with E-state index in [1.54, 1.807) is 7.11 Å². The zero-order valence-corrected chi connectivity index (χ0v) is 11.4. The van der Waals surface area contributed by atoms with Gasteiger partial charge in [-0.1, -0.05) is 13.3 Å². The van der Waals surface area contributed by atoms with Gasteiger partial charge >= 0.3 is 0 Å². The first-order valence-electron chi connectivity index (χ1n) is 6.64. The molecule has 1 aromatic heterocycles. The topological polar surface area (TPSA) is 59.1 Å². The van der Waals surface area contributed by atoms with Gasteiger partial charge in [0.05, 0.1) is 0 Å². The van der Waals surface area contributed by atoms with Crippen molar-refractivity contribution in [3.8, 4) is 0 Å². The van der Waals surface area contributed by atoms with E-state index >= 15 is 0 Å². The van der Waals surface area contributed by atoms with Crippen LogP contribution in [0.15, 0.2) is 6.07 Å². The van der Waals surface area contributed by atoms with Gasteiger partial charge in [0, 0.05) is 25.8 Å². The number of hydrogen-bond acceptors (Lipinski definition) is 5. The summed E-state index contributed by atoms with van der Waals surface area (Å²) in [5.74, 6) is 3.27. The Morgan fingerprint density at radius 3 is 2.72 bits per heavy atom. The van der Waals surface area contributed by atoms with Crippen LogP contribution < -0.4 is 10.6 Å². The van der Waals surface area contributed by atoms with Crippen LogP contribution in [0.4, 0.5) is 11.6 Å². The van der Waals surface area contributed by atoms with Gasteiger partial charge in [-0.2, -0.15) is 0 Å². The molecule has 2 N–H and O–H groups in total. The van der Waals surface area contributed by atoms with Crippen molar-refractivity contribution in [1.82, 2.24) is 9.97 Å². The van der Waals surface area contributed by atoms with Crippen molar-refractivity contribution in [2.24, 2.45) is 5.92 Å². The van der Waals surface area contributed by atoms with Crippen molar-refractivity contribution in [2.75, 3.05) is 24.3 Å². The van der Waals surface area contributed by atoms with E-state index in [1.807, 2.05) is 6.07 Å². The molecule has 18 heavy (non-hydrogen) atoms. The van der Waals surface area contributed by atoms with E-state index in [9.17, 15) is 0 Å². The van der Waals surface area contributed by atoms with E-state index in [1.165, 1.54) is 12.8 Å². The Hall–Kier alpha value is -1.36. The minimum absolute atomic E-state index is 0.440. The molecule has 1 fully saturated rings. The van der Waals surface area contributed by atoms with E-state index < -0.39 is 0 Å². The predicted octanol–water partition coefficient (Wildman–Crippen LogP) is 2.27. The molecule has 0 aromatic carbocycles. The third-order valence-corrected chi connectivity index (χ3v) is 3.18. The van der Waals surface area contributed by atoms with E-state index in [4.69, 9.17) is 4.74 Å². The average Bonchev–Trinajstić information content (AvgIpc) is 3.08. The maximum atomic E-state index is 5.10. The Kier molecular flexibility index (Phi) is 4.36. The lowest BCUT2D eigenvalue weighted by atomic mass is 10.3. The highest BCUT2D eigenvalue weighted by Crippen LogP contribution is 2.35. The molecule has 0 amide bonds. The van der Waals surface area contributed by atoms with Gasteiger partial charge < -0.3 is 15.4 Å². The summed E-state index contributed by atoms with van der Waals surface area (Å²) in [7, 11) is 1.66. The molecule has 5 heteroatoms. The summed E-state index contributed by atoms with van der Waals surface area (Å²) >= 11 is 0. The molecule has 1 aliphatic rings. The van der Waals surface area contributed by atoms with Gasteiger partial charge in [0.15, 0.2) is 5.82 Å². The van der Waals surface area contributed by atoms with Crippen molar-refractivity contribution < 1.29 is 4.74 Å². The zero-order valence-electron chi connectivity index (χ0n) is 11.4. The average molecular weight is 250 g/mol. The molecular weight excluding hydrogens is 228 g/mol. The molecule has 0 saturated heterocycles. The minimum atomic E-state index is 0.440. The first-order valence-corrected chi connectivity index (χ1v) is 6.64. The molecule has 2 atom stereocenters. The smallest absolute Gasteiger partial charge is 0.158 e. The Morgan fingerprint density at radius 2 is 2.11 bits per heavy atom. The van der Waals surface area contributed by atoms with Gasteiger partial charge in [0.25, 0.3) is 0 Å². The maximum Gasteiger partial charge on any atom is 0.158 e. The number of nitrogens with zero attached hydrogens (tertiary/aromatic N) is 2. The lowest BCUT2D eigenvalue weighted by Gasteiger charge is -2.10. The first-order chi connectivity index (χ1) is 8.76. The van der Waals surface area contributed by atoms with Crippen LogP contribution in [0.2, 0.25) is 0 Å². The fourth-order valence-electron chi connectivity index (χ4n) is 2.10. The largest absolute Gasteiger partial charge is 0.377 e. The van der Waals surface area contributed by atoms with E-state index in [0.29, 0.717) is 18.5 Å². The van der Waals surface area contributed by atoms with Gasteiger partial charge in [-0.05, 0) is 19.3 Å². The lowest BCUT2D eigenvalue weighted by molar-refractivity contribution is 0.178. The Balaban J connectivity index is 2.07. The first kappa shape index (κ1) is 13.1. The van der Waals surface area contributed by atoms with Gasteiger partial charge in [-0.15, -0.1) is 0 Å². The van der Waals surface area contributed by atoms with E-state index in [2.05, 4.69) is 34.4 Å². The monoisotopic (exact) mass is 250 g/mol. The predicted molar refractivity (Wildman–Crippen MR) is 72.7 cm³/mol. The van der Waals surface area contributed by atoms with Crippen LogP contribution >= 0.6 is 0 Å². The number of methoxy groups -OCH3 is 1. The van der Waals surface area contributed by atoms with Gasteiger partial charge in [0.1, 0.15) is 18.2 Å². The SMILES string of the molecule is CCNc1cc(NC2CC2CC)nc(COC)n1. The molecule has 100 valence electrons. The third-order valence-electron chi connectivity index (χ3n) is 3.18. The summed E-state index contributed by atoms with van der Waals surface area (Å²) in [6.45, 7) is 5.58. The molecule has 2 rings (SSSR count).